The first-order valence-corrected chi connectivity index (χ1v) is 38.2. The topological polar surface area (TPSA) is 510 Å². The Morgan fingerprint density at radius 3 is 0.880 bits per heavy atom. The minimum Gasteiger partial charge on any atom is -0.480 e. The molecule has 9 aromatic rings. The Balaban J connectivity index is 0.000000131. The van der Waals surface area contributed by atoms with Crippen molar-refractivity contribution in [1.29, 1.82) is 0 Å². The van der Waals surface area contributed by atoms with Gasteiger partial charge in [-0.3, -0.25) is 44.0 Å². The molecule has 9 aliphatic heterocycles. The van der Waals surface area contributed by atoms with Crippen molar-refractivity contribution in [2.75, 3.05) is 55.2 Å². The summed E-state index contributed by atoms with van der Waals surface area (Å²) in [5.74, 6) is -3.93. The van der Waals surface area contributed by atoms with Gasteiger partial charge < -0.3 is 88.6 Å². The normalized spacial score (nSPS) is 28.0. The van der Waals surface area contributed by atoms with E-state index in [9.17, 15) is 58.5 Å². The summed E-state index contributed by atoms with van der Waals surface area (Å²) >= 11 is 0. The number of nitrogens with zero attached hydrogens (tertiary/aromatic N) is 15. The van der Waals surface area contributed by atoms with Crippen LogP contribution in [0.1, 0.15) is 114 Å². The molecule has 15 heterocycles. The average molecular weight is 1610 g/mol. The zero-order valence-electron chi connectivity index (χ0n) is 62.9. The summed E-state index contributed by atoms with van der Waals surface area (Å²) in [6.45, 7) is 7.63. The number of rotatable bonds is 18. The molecule has 9 aliphatic rings. The van der Waals surface area contributed by atoms with Crippen LogP contribution in [0.3, 0.4) is 0 Å². The smallest absolute Gasteiger partial charge is 0.326 e. The molecule has 9 N–H and O–H groups in total. The summed E-state index contributed by atoms with van der Waals surface area (Å²) in [6, 6.07) is 23.9. The van der Waals surface area contributed by atoms with E-state index in [1.165, 1.54) is 52.7 Å². The van der Waals surface area contributed by atoms with Gasteiger partial charge in [0.2, 0.25) is 0 Å². The van der Waals surface area contributed by atoms with Gasteiger partial charge in [-0.25, -0.2) is 73.6 Å². The van der Waals surface area contributed by atoms with Crippen LogP contribution in [0.15, 0.2) is 129 Å². The number of hydrogen-bond acceptors (Lipinski definition) is 27. The number of aliphatic carboxylic acids is 3. The summed E-state index contributed by atoms with van der Waals surface area (Å²) in [4.78, 5) is 155. The molecule has 612 valence electrons. The molecule has 42 nitrogen and oxygen atoms in total. The maximum absolute atomic E-state index is 13.7. The van der Waals surface area contributed by atoms with Crippen molar-refractivity contribution in [2.24, 2.45) is 0 Å². The van der Waals surface area contributed by atoms with E-state index in [0.717, 1.165) is 16.7 Å². The molecule has 3 aromatic carbocycles. The molecule has 0 spiro atoms. The third kappa shape index (κ3) is 15.4. The van der Waals surface area contributed by atoms with E-state index in [4.69, 9.17) is 42.6 Å². The number of nitrogens with one attached hydrogen (secondary N) is 6. The largest absolute Gasteiger partial charge is 0.480 e. The van der Waals surface area contributed by atoms with Gasteiger partial charge in [-0.05, 0) is 59.3 Å². The number of carbonyl (C=O) groups excluding carboxylic acids is 6. The highest BCUT2D eigenvalue weighted by molar-refractivity contribution is 5.98. The van der Waals surface area contributed by atoms with Crippen LogP contribution in [0.4, 0.5) is 31.8 Å². The number of urea groups is 3. The van der Waals surface area contributed by atoms with E-state index in [0.29, 0.717) is 111 Å². The second-order valence-corrected chi connectivity index (χ2v) is 28.3. The lowest BCUT2D eigenvalue weighted by molar-refractivity contribution is -0.171. The van der Waals surface area contributed by atoms with Crippen LogP contribution in [-0.4, -0.2) is 255 Å². The van der Waals surface area contributed by atoms with E-state index >= 15 is 0 Å². The number of ether oxygens (including phenoxy) is 9. The Kier molecular flexibility index (Phi) is 22.7. The molecule has 12 unspecified atom stereocenters. The van der Waals surface area contributed by atoms with Crippen LogP contribution in [0.2, 0.25) is 0 Å². The molecule has 9 saturated heterocycles. The standard InChI is InChI=1S/3C25H27N7O7/c3*1-2-26-25(36)30-19-15-20(28-11-27-19)32(12-29-15)22-18-16(38-24(39-18)13-7-4-3-5-8-13)17(37-22)21(33)31-10-6-9-14(31)23(34)35/h3*3-5,7-8,11-12,14,16-18,22,24H,2,6,9-10H2,1H3,(H,34,35)(H2,26,27,28,30,36)/t3*14-,16?,17?,18?,22?,24-/m000/s1. The van der Waals surface area contributed by atoms with Crippen LogP contribution < -0.4 is 31.9 Å². The van der Waals surface area contributed by atoms with E-state index in [-0.39, 0.29) is 17.5 Å². The van der Waals surface area contributed by atoms with E-state index in [2.05, 4.69) is 76.8 Å². The zero-order chi connectivity index (χ0) is 81.3. The average Bonchev–Trinajstić information content (AvgIpc) is 1.59. The Morgan fingerprint density at radius 2 is 0.624 bits per heavy atom. The highest BCUT2D eigenvalue weighted by atomic mass is 16.8. The molecule has 117 heavy (non-hydrogen) atoms. The summed E-state index contributed by atoms with van der Waals surface area (Å²) in [6.07, 6.45) is -1.67. The van der Waals surface area contributed by atoms with Crippen molar-refractivity contribution in [1.82, 2.24) is 89.2 Å². The fourth-order valence-corrected chi connectivity index (χ4v) is 16.0. The quantitative estimate of drug-likeness (QED) is 0.0579. The first-order valence-electron chi connectivity index (χ1n) is 38.2. The molecule has 0 saturated carbocycles. The van der Waals surface area contributed by atoms with Crippen LogP contribution in [0.5, 0.6) is 0 Å². The highest BCUT2D eigenvalue weighted by Crippen LogP contribution is 2.50. The molecule has 9 amide bonds. The Bertz CT molecular complexity index is 4700. The second-order valence-electron chi connectivity index (χ2n) is 28.3. The summed E-state index contributed by atoms with van der Waals surface area (Å²) in [5, 5.41) is 44.8. The second kappa shape index (κ2) is 33.8. The predicted molar refractivity (Wildman–Crippen MR) is 400 cm³/mol. The van der Waals surface area contributed by atoms with Crippen LogP contribution in [0.25, 0.3) is 33.5 Å². The number of imidazole rings is 3. The summed E-state index contributed by atoms with van der Waals surface area (Å²) in [5.41, 5.74) is 4.33. The Hall–Kier alpha value is -12.4. The van der Waals surface area contributed by atoms with Gasteiger partial charge in [0.05, 0.1) is 19.0 Å². The van der Waals surface area contributed by atoms with Gasteiger partial charge in [0, 0.05) is 56.0 Å². The minimum atomic E-state index is -1.11. The highest BCUT2D eigenvalue weighted by Gasteiger charge is 2.62. The zero-order valence-corrected chi connectivity index (χ0v) is 62.9. The third-order valence-corrected chi connectivity index (χ3v) is 21.3. The number of carboxylic acid groups (broad SMARTS) is 3. The molecule has 0 bridgehead atoms. The third-order valence-electron chi connectivity index (χ3n) is 21.3. The lowest BCUT2D eigenvalue weighted by atomic mass is 10.1. The van der Waals surface area contributed by atoms with Crippen molar-refractivity contribution in [3.05, 3.63) is 146 Å². The van der Waals surface area contributed by atoms with E-state index in [1.807, 2.05) is 91.0 Å². The van der Waals surface area contributed by atoms with Gasteiger partial charge in [0.25, 0.3) is 17.7 Å². The number of benzene rings is 3. The fraction of sp³-hybridized carbons (Fsp3) is 0.440. The molecule has 0 aliphatic carbocycles. The number of amides is 9. The Morgan fingerprint density at radius 1 is 0.359 bits per heavy atom. The number of carboxylic acids is 3. The van der Waals surface area contributed by atoms with Crippen molar-refractivity contribution in [2.45, 2.75) is 170 Å². The van der Waals surface area contributed by atoms with Crippen LogP contribution >= 0.6 is 0 Å². The first-order chi connectivity index (χ1) is 56.9. The number of likely N-dealkylation sites (tertiary alicyclic amines) is 3. The number of aromatic nitrogens is 12. The maximum atomic E-state index is 13.7. The van der Waals surface area contributed by atoms with Gasteiger partial charge >= 0.3 is 36.0 Å². The molecule has 42 heteroatoms. The molecular formula is C75H81N21O21. The molecule has 18 atom stereocenters. The van der Waals surface area contributed by atoms with Gasteiger partial charge in [-0.2, -0.15) is 0 Å². The monoisotopic (exact) mass is 1610 g/mol. The van der Waals surface area contributed by atoms with Gasteiger partial charge in [-0.1, -0.05) is 91.0 Å². The van der Waals surface area contributed by atoms with Gasteiger partial charge in [-0.15, -0.1) is 0 Å². The van der Waals surface area contributed by atoms with Crippen molar-refractivity contribution >= 4 is 105 Å². The number of fused-ring (bicyclic) bond motifs is 6. The van der Waals surface area contributed by atoms with E-state index in [1.54, 1.807) is 34.5 Å². The summed E-state index contributed by atoms with van der Waals surface area (Å²) < 4.78 is 61.2. The molecular weight excluding hydrogens is 1530 g/mol. The Labute approximate surface area is 663 Å². The summed E-state index contributed by atoms with van der Waals surface area (Å²) in [7, 11) is 0. The van der Waals surface area contributed by atoms with Crippen LogP contribution in [0, 0.1) is 0 Å². The lowest BCUT2D eigenvalue weighted by Crippen LogP contribution is -2.49. The van der Waals surface area contributed by atoms with Crippen molar-refractivity contribution < 1.29 is 101 Å². The SMILES string of the molecule is CCNC(=O)Nc1ncnc2c1ncn2C1OC(C(=O)N2CCC[C@H]2C(=O)O)C2O[C@H](c3ccccc3)OC21.CCNC(=O)Nc1ncnc2c1ncn2C1OC(C(=O)N2CCC[C@H]2C(=O)O)C2O[C@H](c3ccccc3)OC21.CCNC(=O)Nc1ncnc2c1ncn2C1OC(C(=O)N2CCC[C@H]2C(=O)O)C2O[C@H](c3ccccc3)OC21. The van der Waals surface area contributed by atoms with Gasteiger partial charge in [0.1, 0.15) is 73.7 Å². The lowest BCUT2D eigenvalue weighted by Gasteiger charge is -2.27. The van der Waals surface area contributed by atoms with Crippen molar-refractivity contribution in [3.63, 3.8) is 0 Å². The minimum absolute atomic E-state index is 0.207. The fourth-order valence-electron chi connectivity index (χ4n) is 16.0. The van der Waals surface area contributed by atoms with Crippen molar-refractivity contribution in [3.8, 4) is 0 Å². The molecule has 9 fully saturated rings. The number of hydrogen-bond donors (Lipinski definition) is 9. The van der Waals surface area contributed by atoms with E-state index < -0.39 is 164 Å². The molecule has 6 aromatic heterocycles. The molecule has 18 rings (SSSR count). The predicted octanol–water partition coefficient (Wildman–Crippen LogP) is 4.27. The van der Waals surface area contributed by atoms with Crippen LogP contribution in [-0.2, 0) is 71.4 Å². The first kappa shape index (κ1) is 78.5. The van der Waals surface area contributed by atoms with Gasteiger partial charge in [0.15, 0.2) is 107 Å². The molecule has 0 radical (unpaired) electrons. The number of anilines is 3. The maximum Gasteiger partial charge on any atom is 0.326 e. The number of carbonyl (C=O) groups is 9.